The van der Waals surface area contributed by atoms with E-state index in [2.05, 4.69) is 20.0 Å². The summed E-state index contributed by atoms with van der Waals surface area (Å²) in [5, 5.41) is 2.35. The van der Waals surface area contributed by atoms with Gasteiger partial charge in [-0.15, -0.1) is 0 Å². The van der Waals surface area contributed by atoms with E-state index in [1.54, 1.807) is 0 Å². The Balaban J connectivity index is 1.55. The van der Waals surface area contributed by atoms with Gasteiger partial charge in [-0.25, -0.2) is 18.7 Å². The third kappa shape index (κ3) is 3.59. The van der Waals surface area contributed by atoms with Gasteiger partial charge in [-0.2, -0.15) is 8.78 Å². The number of fused-ring (bicyclic) bond motifs is 2. The first-order chi connectivity index (χ1) is 13.8. The van der Waals surface area contributed by atoms with Gasteiger partial charge in [0.2, 0.25) is 11.9 Å². The number of amides is 2. The summed E-state index contributed by atoms with van der Waals surface area (Å²) < 4.78 is 56.8. The molecule has 152 valence electrons. The number of nitrogens with zero attached hydrogens (tertiary/aromatic N) is 3. The maximum Gasteiger partial charge on any atom is 0.387 e. The molecule has 1 aromatic heterocycles. The number of carbonyl (C=O) groups is 2. The van der Waals surface area contributed by atoms with Crippen molar-refractivity contribution in [2.45, 2.75) is 24.9 Å². The number of ether oxygens (including phenoxy) is 1. The molecule has 1 saturated carbocycles. The largest absolute Gasteiger partial charge is 0.432 e. The molecule has 2 aliphatic rings. The van der Waals surface area contributed by atoms with Crippen LogP contribution in [-0.4, -0.2) is 46.4 Å². The Morgan fingerprint density at radius 3 is 2.55 bits per heavy atom. The molecule has 1 spiro atoms. The molecule has 1 fully saturated rings. The zero-order valence-electron chi connectivity index (χ0n) is 14.8. The van der Waals surface area contributed by atoms with Crippen molar-refractivity contribution < 1.29 is 31.9 Å². The van der Waals surface area contributed by atoms with E-state index in [-0.39, 0.29) is 30.2 Å². The number of hydrogen-bond acceptors (Lipinski definition) is 5. The summed E-state index contributed by atoms with van der Waals surface area (Å²) in [5.74, 6) is -3.59. The van der Waals surface area contributed by atoms with Crippen molar-refractivity contribution >= 4 is 17.8 Å². The van der Waals surface area contributed by atoms with Gasteiger partial charge in [0.1, 0.15) is 6.54 Å². The number of halogens is 4. The Hall–Kier alpha value is -3.24. The topological polar surface area (TPSA) is 84.4 Å². The number of anilines is 1. The fraction of sp³-hybridized carbons (Fsp3) is 0.333. The molecule has 0 atom stereocenters. The van der Waals surface area contributed by atoms with E-state index in [1.807, 2.05) is 0 Å². The molecule has 1 aliphatic heterocycles. The number of rotatable bonds is 5. The fourth-order valence-corrected chi connectivity index (χ4v) is 3.53. The quantitative estimate of drug-likeness (QED) is 0.766. The minimum atomic E-state index is -3.19. The summed E-state index contributed by atoms with van der Waals surface area (Å²) >= 11 is 0. The zero-order chi connectivity index (χ0) is 20.8. The van der Waals surface area contributed by atoms with Crippen LogP contribution in [0.3, 0.4) is 0 Å². The maximum absolute atomic E-state index is 14.8. The Morgan fingerprint density at radius 2 is 1.93 bits per heavy atom. The first-order valence-electron chi connectivity index (χ1n) is 8.63. The van der Waals surface area contributed by atoms with Crippen molar-refractivity contribution in [2.75, 3.05) is 18.4 Å². The van der Waals surface area contributed by atoms with E-state index in [1.165, 1.54) is 11.0 Å². The third-order valence-electron chi connectivity index (χ3n) is 4.92. The highest BCUT2D eigenvalue weighted by molar-refractivity contribution is 6.01. The number of carbonyl (C=O) groups excluding carboxylic acids is 2. The van der Waals surface area contributed by atoms with Gasteiger partial charge in [-0.3, -0.25) is 14.9 Å². The van der Waals surface area contributed by atoms with Gasteiger partial charge in [0.05, 0.1) is 12.4 Å². The molecular formula is C18H14F4N4O3. The Kier molecular flexibility index (Phi) is 4.59. The lowest BCUT2D eigenvalue weighted by atomic mass is 9.85. The zero-order valence-corrected chi connectivity index (χ0v) is 14.8. The Morgan fingerprint density at radius 1 is 1.24 bits per heavy atom. The van der Waals surface area contributed by atoms with Crippen molar-refractivity contribution in [2.24, 2.45) is 0 Å². The van der Waals surface area contributed by atoms with Gasteiger partial charge >= 0.3 is 6.61 Å². The summed E-state index contributed by atoms with van der Waals surface area (Å²) in [7, 11) is 0. The lowest BCUT2D eigenvalue weighted by Gasteiger charge is -2.34. The van der Waals surface area contributed by atoms with E-state index in [0.717, 1.165) is 18.5 Å². The number of nitrogens with one attached hydrogen (secondary N) is 1. The molecule has 1 N–H and O–H groups in total. The average molecular weight is 410 g/mol. The van der Waals surface area contributed by atoms with E-state index >= 15 is 0 Å². The third-order valence-corrected chi connectivity index (χ3v) is 4.92. The van der Waals surface area contributed by atoms with Crippen LogP contribution in [-0.2, 0) is 10.2 Å². The molecule has 0 bridgehead atoms. The molecule has 29 heavy (non-hydrogen) atoms. The summed E-state index contributed by atoms with van der Waals surface area (Å²) in [6.45, 7) is -3.48. The maximum atomic E-state index is 14.8. The van der Waals surface area contributed by atoms with Crippen LogP contribution in [0.25, 0.3) is 0 Å². The van der Waals surface area contributed by atoms with Gasteiger partial charge in [0, 0.05) is 23.1 Å². The normalized spacial score (nSPS) is 16.7. The number of alkyl halides is 2. The number of benzene rings is 1. The molecule has 1 aromatic carbocycles. The van der Waals surface area contributed by atoms with Crippen molar-refractivity contribution in [1.29, 1.82) is 0 Å². The fourth-order valence-electron chi connectivity index (χ4n) is 3.53. The van der Waals surface area contributed by atoms with Gasteiger partial charge in [-0.1, -0.05) is 0 Å². The van der Waals surface area contributed by atoms with E-state index in [4.69, 9.17) is 0 Å². The average Bonchev–Trinajstić information content (AvgIpc) is 3.42. The molecule has 2 amide bonds. The number of hydrogen-bond donors (Lipinski definition) is 1. The lowest BCUT2D eigenvalue weighted by molar-refractivity contribution is -0.117. The summed E-state index contributed by atoms with van der Waals surface area (Å²) in [4.78, 5) is 33.5. The summed E-state index contributed by atoms with van der Waals surface area (Å²) in [5.41, 5.74) is -0.667. The van der Waals surface area contributed by atoms with Gasteiger partial charge < -0.3 is 9.64 Å². The highest BCUT2D eigenvalue weighted by Gasteiger charge is 2.53. The van der Waals surface area contributed by atoms with Crippen LogP contribution < -0.4 is 10.1 Å². The predicted octanol–water partition coefficient (Wildman–Crippen LogP) is 2.48. The Bertz CT molecular complexity index is 980. The van der Waals surface area contributed by atoms with Crippen molar-refractivity contribution in [3.8, 4) is 5.75 Å². The lowest BCUT2D eigenvalue weighted by Crippen LogP contribution is -2.47. The van der Waals surface area contributed by atoms with Crippen molar-refractivity contribution in [1.82, 2.24) is 14.9 Å². The standard InChI is InChI=1S/C18H14F4N4O3/c19-9-5-23-17(24-6-9)25-12(27)7-26-8-18(3-4-18)13-10(15(26)28)1-2-11(14(13)20)29-16(21)22/h1-2,5-6,16H,3-4,7-8H2,(H,23,24,25,27). The highest BCUT2D eigenvalue weighted by Crippen LogP contribution is 2.54. The van der Waals surface area contributed by atoms with Crippen LogP contribution in [0.2, 0.25) is 0 Å². The molecule has 1 aliphatic carbocycles. The number of aromatic nitrogens is 2. The van der Waals surface area contributed by atoms with Crippen LogP contribution in [0.1, 0.15) is 28.8 Å². The monoisotopic (exact) mass is 410 g/mol. The summed E-state index contributed by atoms with van der Waals surface area (Å²) in [6, 6.07) is 2.20. The van der Waals surface area contributed by atoms with Crippen LogP contribution in [0.5, 0.6) is 5.75 Å². The predicted molar refractivity (Wildman–Crippen MR) is 90.5 cm³/mol. The van der Waals surface area contributed by atoms with Gasteiger partial charge in [0.25, 0.3) is 5.91 Å². The first kappa shape index (κ1) is 19.1. The minimum absolute atomic E-state index is 0.0127. The first-order valence-corrected chi connectivity index (χ1v) is 8.63. The van der Waals surface area contributed by atoms with Crippen molar-refractivity contribution in [3.63, 3.8) is 0 Å². The van der Waals surface area contributed by atoms with E-state index in [0.29, 0.717) is 12.8 Å². The molecule has 0 radical (unpaired) electrons. The molecule has 0 unspecified atom stereocenters. The second-order valence-electron chi connectivity index (χ2n) is 6.89. The van der Waals surface area contributed by atoms with Crippen molar-refractivity contribution in [3.05, 3.63) is 47.3 Å². The van der Waals surface area contributed by atoms with E-state index < -0.39 is 41.2 Å². The van der Waals surface area contributed by atoms with Crippen LogP contribution in [0, 0.1) is 11.6 Å². The second-order valence-corrected chi connectivity index (χ2v) is 6.89. The molecule has 7 nitrogen and oxygen atoms in total. The van der Waals surface area contributed by atoms with Crippen LogP contribution in [0.4, 0.5) is 23.5 Å². The summed E-state index contributed by atoms with van der Waals surface area (Å²) in [6.07, 6.45) is 2.85. The van der Waals surface area contributed by atoms with Crippen LogP contribution in [0.15, 0.2) is 24.5 Å². The molecule has 11 heteroatoms. The smallest absolute Gasteiger partial charge is 0.387 e. The molecular weight excluding hydrogens is 396 g/mol. The van der Waals surface area contributed by atoms with E-state index in [9.17, 15) is 27.2 Å². The van der Waals surface area contributed by atoms with Crippen LogP contribution >= 0.6 is 0 Å². The second kappa shape index (κ2) is 6.98. The molecule has 4 rings (SSSR count). The molecule has 2 heterocycles. The Labute approximate surface area is 161 Å². The van der Waals surface area contributed by atoms with Gasteiger partial charge in [-0.05, 0) is 25.0 Å². The molecule has 2 aromatic rings. The van der Waals surface area contributed by atoms with Gasteiger partial charge in [0.15, 0.2) is 17.4 Å². The SMILES string of the molecule is O=C(CN1CC2(CC2)c2c(ccc(OC(F)F)c2F)C1=O)Nc1ncc(F)cn1. The minimum Gasteiger partial charge on any atom is -0.432 e. The molecule has 0 saturated heterocycles. The highest BCUT2D eigenvalue weighted by atomic mass is 19.3.